The molecule has 0 radical (unpaired) electrons. The number of rotatable bonds is 5. The summed E-state index contributed by atoms with van der Waals surface area (Å²) in [4.78, 5) is 15.5. The number of carboxylic acids is 1. The molecule has 5 nitrogen and oxygen atoms in total. The number of piperidine rings is 1. The number of nitrogens with zero attached hydrogens (tertiary/aromatic N) is 2. The molecule has 2 saturated heterocycles. The molecule has 2 aliphatic rings. The van der Waals surface area contributed by atoms with Crippen LogP contribution in [0.25, 0.3) is 0 Å². The number of carboxylic acid groups (broad SMARTS) is 1. The molecule has 0 aliphatic carbocycles. The molecule has 0 amide bonds. The van der Waals surface area contributed by atoms with E-state index in [9.17, 15) is 4.79 Å². The molecule has 0 aromatic heterocycles. The number of carbonyl (C=O) groups is 1. The quantitative estimate of drug-likeness (QED) is 0.782. The second kappa shape index (κ2) is 7.07. The highest BCUT2D eigenvalue weighted by molar-refractivity contribution is 5.67. The first-order valence-corrected chi connectivity index (χ1v) is 7.02. The summed E-state index contributed by atoms with van der Waals surface area (Å²) in [5.41, 5.74) is 0. The van der Waals surface area contributed by atoms with E-state index in [4.69, 9.17) is 9.84 Å². The van der Waals surface area contributed by atoms with Crippen LogP contribution in [-0.4, -0.2) is 72.9 Å². The van der Waals surface area contributed by atoms with Crippen LogP contribution < -0.4 is 0 Å². The van der Waals surface area contributed by atoms with Crippen LogP contribution >= 0.6 is 0 Å². The van der Waals surface area contributed by atoms with E-state index in [1.54, 1.807) is 0 Å². The van der Waals surface area contributed by atoms with Crippen molar-refractivity contribution in [1.29, 1.82) is 0 Å². The molecule has 2 rings (SSSR count). The highest BCUT2D eigenvalue weighted by Gasteiger charge is 2.23. The molecule has 0 bridgehead atoms. The number of ether oxygens (including phenoxy) is 1. The fourth-order valence-electron chi connectivity index (χ4n) is 2.77. The second-order valence-electron chi connectivity index (χ2n) is 5.29. The van der Waals surface area contributed by atoms with Gasteiger partial charge in [-0.1, -0.05) is 6.42 Å². The lowest BCUT2D eigenvalue weighted by Crippen LogP contribution is -2.46. The van der Waals surface area contributed by atoms with Gasteiger partial charge in [-0.15, -0.1) is 0 Å². The summed E-state index contributed by atoms with van der Waals surface area (Å²) < 4.78 is 5.47. The van der Waals surface area contributed by atoms with Crippen LogP contribution in [0.15, 0.2) is 0 Å². The molecule has 1 atom stereocenters. The molecule has 104 valence electrons. The fraction of sp³-hybridized carbons (Fsp3) is 0.923. The number of hydrogen-bond donors (Lipinski definition) is 1. The first-order valence-electron chi connectivity index (χ1n) is 7.02. The lowest BCUT2D eigenvalue weighted by molar-refractivity contribution is -0.142. The highest BCUT2D eigenvalue weighted by atomic mass is 16.5. The average Bonchev–Trinajstić information content (AvgIpc) is 2.37. The van der Waals surface area contributed by atoms with Crippen molar-refractivity contribution in [3.63, 3.8) is 0 Å². The van der Waals surface area contributed by atoms with Gasteiger partial charge in [-0.3, -0.25) is 9.69 Å². The maximum Gasteiger partial charge on any atom is 0.306 e. The first kappa shape index (κ1) is 13.8. The minimum absolute atomic E-state index is 0.125. The lowest BCUT2D eigenvalue weighted by Gasteiger charge is -2.34. The van der Waals surface area contributed by atoms with E-state index in [0.29, 0.717) is 6.61 Å². The zero-order valence-corrected chi connectivity index (χ0v) is 11.0. The molecule has 0 aromatic carbocycles. The lowest BCUT2D eigenvalue weighted by atomic mass is 10.1. The minimum Gasteiger partial charge on any atom is -0.481 e. The Kier molecular flexibility index (Phi) is 5.41. The van der Waals surface area contributed by atoms with Crippen LogP contribution in [0.5, 0.6) is 0 Å². The molecule has 1 unspecified atom stereocenters. The predicted molar refractivity (Wildman–Crippen MR) is 68.7 cm³/mol. The van der Waals surface area contributed by atoms with Gasteiger partial charge in [-0.2, -0.15) is 0 Å². The number of likely N-dealkylation sites (tertiary alicyclic amines) is 1. The Morgan fingerprint density at radius 1 is 1.11 bits per heavy atom. The molecule has 2 fully saturated rings. The Morgan fingerprint density at radius 3 is 2.56 bits per heavy atom. The van der Waals surface area contributed by atoms with Gasteiger partial charge in [0.15, 0.2) is 0 Å². The molecule has 5 heteroatoms. The van der Waals surface area contributed by atoms with E-state index >= 15 is 0 Å². The summed E-state index contributed by atoms with van der Waals surface area (Å²) in [5, 5.41) is 8.78. The molecule has 0 spiro atoms. The Bertz CT molecular complexity index is 267. The zero-order valence-electron chi connectivity index (χ0n) is 11.0. The standard InChI is InChI=1S/C13H24N2O3/c16-13(17)10-12-11-15(8-9-18-12)7-6-14-4-2-1-3-5-14/h12H,1-11H2,(H,16,17). The van der Waals surface area contributed by atoms with Gasteiger partial charge in [0.05, 0.1) is 19.1 Å². The summed E-state index contributed by atoms with van der Waals surface area (Å²) in [6.45, 7) is 6.97. The minimum atomic E-state index is -0.766. The zero-order chi connectivity index (χ0) is 12.8. The van der Waals surface area contributed by atoms with Crippen LogP contribution in [0.3, 0.4) is 0 Å². The summed E-state index contributed by atoms with van der Waals surface area (Å²) in [6.07, 6.45) is 4.02. The maximum atomic E-state index is 10.7. The molecule has 0 saturated carbocycles. The summed E-state index contributed by atoms with van der Waals surface area (Å²) in [7, 11) is 0. The van der Waals surface area contributed by atoms with Crippen molar-refractivity contribution >= 4 is 5.97 Å². The largest absolute Gasteiger partial charge is 0.481 e. The smallest absolute Gasteiger partial charge is 0.306 e. The van der Waals surface area contributed by atoms with Crippen LogP contribution in [0.1, 0.15) is 25.7 Å². The normalized spacial score (nSPS) is 27.2. The SMILES string of the molecule is O=C(O)CC1CN(CCN2CCCCC2)CCO1. The maximum absolute atomic E-state index is 10.7. The van der Waals surface area contributed by atoms with Crippen LogP contribution in [0, 0.1) is 0 Å². The van der Waals surface area contributed by atoms with Gasteiger partial charge < -0.3 is 14.7 Å². The van der Waals surface area contributed by atoms with Crippen LogP contribution in [-0.2, 0) is 9.53 Å². The van der Waals surface area contributed by atoms with Gasteiger partial charge in [-0.05, 0) is 25.9 Å². The van der Waals surface area contributed by atoms with E-state index in [1.165, 1.54) is 32.4 Å². The first-order chi connectivity index (χ1) is 8.74. The van der Waals surface area contributed by atoms with Crippen molar-refractivity contribution in [2.75, 3.05) is 45.9 Å². The third kappa shape index (κ3) is 4.55. The van der Waals surface area contributed by atoms with E-state index < -0.39 is 5.97 Å². The van der Waals surface area contributed by atoms with E-state index in [2.05, 4.69) is 9.80 Å². The summed E-state index contributed by atoms with van der Waals surface area (Å²) in [5.74, 6) is -0.766. The third-order valence-electron chi connectivity index (χ3n) is 3.81. The van der Waals surface area contributed by atoms with Crippen molar-refractivity contribution in [1.82, 2.24) is 9.80 Å². The molecule has 2 heterocycles. The van der Waals surface area contributed by atoms with Crippen LogP contribution in [0.4, 0.5) is 0 Å². The number of morpholine rings is 1. The second-order valence-corrected chi connectivity index (χ2v) is 5.29. The van der Waals surface area contributed by atoms with E-state index in [-0.39, 0.29) is 12.5 Å². The van der Waals surface area contributed by atoms with Gasteiger partial charge in [0.25, 0.3) is 0 Å². The Labute approximate surface area is 109 Å². The molecular formula is C13H24N2O3. The van der Waals surface area contributed by atoms with Gasteiger partial charge in [0.1, 0.15) is 0 Å². The van der Waals surface area contributed by atoms with E-state index in [0.717, 1.165) is 26.2 Å². The highest BCUT2D eigenvalue weighted by Crippen LogP contribution is 2.11. The monoisotopic (exact) mass is 256 g/mol. The Morgan fingerprint density at radius 2 is 1.83 bits per heavy atom. The van der Waals surface area contributed by atoms with Gasteiger partial charge in [0, 0.05) is 26.2 Å². The summed E-state index contributed by atoms with van der Waals surface area (Å²) in [6, 6.07) is 0. The predicted octanol–water partition coefficient (Wildman–Crippen LogP) is 0.648. The summed E-state index contributed by atoms with van der Waals surface area (Å²) >= 11 is 0. The molecular weight excluding hydrogens is 232 g/mol. The van der Waals surface area contributed by atoms with Crippen molar-refractivity contribution < 1.29 is 14.6 Å². The number of hydrogen-bond acceptors (Lipinski definition) is 4. The van der Waals surface area contributed by atoms with E-state index in [1.807, 2.05) is 0 Å². The van der Waals surface area contributed by atoms with Crippen molar-refractivity contribution in [3.8, 4) is 0 Å². The van der Waals surface area contributed by atoms with Gasteiger partial charge >= 0.3 is 5.97 Å². The molecule has 18 heavy (non-hydrogen) atoms. The topological polar surface area (TPSA) is 53.0 Å². The molecule has 2 aliphatic heterocycles. The Balaban J connectivity index is 1.67. The van der Waals surface area contributed by atoms with Gasteiger partial charge in [0.2, 0.25) is 0 Å². The third-order valence-corrected chi connectivity index (χ3v) is 3.81. The average molecular weight is 256 g/mol. The fourth-order valence-corrected chi connectivity index (χ4v) is 2.77. The molecule has 1 N–H and O–H groups in total. The van der Waals surface area contributed by atoms with Gasteiger partial charge in [-0.25, -0.2) is 0 Å². The van der Waals surface area contributed by atoms with Crippen molar-refractivity contribution in [3.05, 3.63) is 0 Å². The number of aliphatic carboxylic acids is 1. The molecule has 0 aromatic rings. The van der Waals surface area contributed by atoms with Crippen molar-refractivity contribution in [2.45, 2.75) is 31.8 Å². The Hall–Kier alpha value is -0.650. The van der Waals surface area contributed by atoms with Crippen LogP contribution in [0.2, 0.25) is 0 Å². The van der Waals surface area contributed by atoms with Crippen molar-refractivity contribution in [2.24, 2.45) is 0 Å².